The van der Waals surface area contributed by atoms with Gasteiger partial charge in [0.15, 0.2) is 0 Å². The van der Waals surface area contributed by atoms with Crippen molar-refractivity contribution in [2.75, 3.05) is 0 Å². The molecule has 6 bridgehead atoms. The molecule has 4 fully saturated rings. The molecule has 0 radical (unpaired) electrons. The summed E-state index contributed by atoms with van der Waals surface area (Å²) in [7, 11) is 0. The topological polar surface area (TPSA) is 0 Å². The van der Waals surface area contributed by atoms with Crippen LogP contribution in [-0.4, -0.2) is 0 Å². The van der Waals surface area contributed by atoms with Crippen molar-refractivity contribution in [1.29, 1.82) is 0 Å². The second kappa shape index (κ2) is 2.93. The Balaban J connectivity index is 1.78. The lowest BCUT2D eigenvalue weighted by atomic mass is 9.56. The Morgan fingerprint density at radius 1 is 0.682 bits per heavy atom. The molecule has 0 unspecified atom stereocenters. The summed E-state index contributed by atoms with van der Waals surface area (Å²) in [6.07, 6.45) is 5.58. The average Bonchev–Trinajstić information content (AvgIpc) is 2.84. The van der Waals surface area contributed by atoms with E-state index in [1.54, 1.807) is 0 Å². The summed E-state index contributed by atoms with van der Waals surface area (Å²) in [6.45, 7) is 20.2. The van der Waals surface area contributed by atoms with E-state index in [4.69, 9.17) is 0 Å². The highest BCUT2D eigenvalue weighted by molar-refractivity contribution is 5.83. The van der Waals surface area contributed by atoms with Crippen molar-refractivity contribution in [1.82, 2.24) is 0 Å². The fourth-order valence-electron chi connectivity index (χ4n) is 8.46. The van der Waals surface area contributed by atoms with Gasteiger partial charge in [-0.2, -0.15) is 0 Å². The van der Waals surface area contributed by atoms with Crippen LogP contribution in [0.3, 0.4) is 0 Å². The molecule has 0 N–H and O–H groups in total. The SMILES string of the molecule is CC(C)(C)C12C/C3=C4/C5(C)/C(=C(\CC1(C)C3)C2)C45C(C)(C)C. The van der Waals surface area contributed by atoms with E-state index in [0.717, 1.165) is 0 Å². The molecule has 8 rings (SSSR count). The van der Waals surface area contributed by atoms with Crippen LogP contribution in [0, 0.1) is 32.5 Å². The third-order valence-electron chi connectivity index (χ3n) is 9.04. The molecule has 8 aliphatic carbocycles. The van der Waals surface area contributed by atoms with Gasteiger partial charge in [-0.05, 0) is 58.5 Å². The lowest BCUT2D eigenvalue weighted by Gasteiger charge is -2.48. The molecular formula is C22H32. The third kappa shape index (κ3) is 0.955. The Labute approximate surface area is 136 Å². The zero-order valence-corrected chi connectivity index (χ0v) is 15.8. The highest BCUT2D eigenvalue weighted by atomic mass is 15.0. The van der Waals surface area contributed by atoms with Gasteiger partial charge in [0, 0.05) is 10.8 Å². The summed E-state index contributed by atoms with van der Waals surface area (Å²) in [5.41, 5.74) is 10.4. The Hall–Kier alpha value is -0.520. The van der Waals surface area contributed by atoms with Gasteiger partial charge in [-0.1, -0.05) is 66.5 Å². The van der Waals surface area contributed by atoms with E-state index in [9.17, 15) is 0 Å². The molecule has 4 saturated carbocycles. The van der Waals surface area contributed by atoms with Gasteiger partial charge in [0.1, 0.15) is 0 Å². The molecule has 0 aromatic heterocycles. The van der Waals surface area contributed by atoms with Crippen molar-refractivity contribution in [3.63, 3.8) is 0 Å². The van der Waals surface area contributed by atoms with Crippen molar-refractivity contribution in [2.45, 2.75) is 81.1 Å². The molecule has 0 heterocycles. The lowest BCUT2D eigenvalue weighted by Crippen LogP contribution is -2.41. The second-order valence-corrected chi connectivity index (χ2v) is 11.7. The van der Waals surface area contributed by atoms with Gasteiger partial charge in [0.25, 0.3) is 0 Å². The first kappa shape index (κ1) is 13.9. The number of allylic oxidation sites excluding steroid dienone is 4. The van der Waals surface area contributed by atoms with Crippen molar-refractivity contribution in [2.24, 2.45) is 32.5 Å². The first-order chi connectivity index (χ1) is 9.87. The Kier molecular flexibility index (Phi) is 1.85. The van der Waals surface area contributed by atoms with Gasteiger partial charge in [-0.3, -0.25) is 0 Å². The minimum Gasteiger partial charge on any atom is -0.0680 e. The maximum Gasteiger partial charge on any atom is 0.0321 e. The van der Waals surface area contributed by atoms with E-state index in [1.807, 2.05) is 22.3 Å². The second-order valence-electron chi connectivity index (χ2n) is 11.7. The Morgan fingerprint density at radius 2 is 1.14 bits per heavy atom. The molecular weight excluding hydrogens is 264 g/mol. The van der Waals surface area contributed by atoms with Crippen molar-refractivity contribution in [3.05, 3.63) is 22.3 Å². The van der Waals surface area contributed by atoms with E-state index in [2.05, 4.69) is 55.4 Å². The largest absolute Gasteiger partial charge is 0.0680 e. The average molecular weight is 296 g/mol. The summed E-state index contributed by atoms with van der Waals surface area (Å²) in [5.74, 6) is 0. The van der Waals surface area contributed by atoms with E-state index >= 15 is 0 Å². The standard InChI is InChI=1S/C22H32/c1-17(2,3)21-11-13-9-19(21,7)10-14(12-21)16-20(8)15(13)22(16,20)18(4,5)6/h9-12H2,1-8H3/b15-13-,16-14-. The van der Waals surface area contributed by atoms with Crippen molar-refractivity contribution >= 4 is 0 Å². The quantitative estimate of drug-likeness (QED) is 0.461. The molecule has 0 aromatic carbocycles. The summed E-state index contributed by atoms with van der Waals surface area (Å²) in [6, 6.07) is 0. The fraction of sp³-hybridized carbons (Fsp3) is 0.818. The van der Waals surface area contributed by atoms with Gasteiger partial charge in [0.05, 0.1) is 0 Å². The number of hydrogen-bond acceptors (Lipinski definition) is 0. The van der Waals surface area contributed by atoms with Crippen LogP contribution in [0.1, 0.15) is 81.1 Å². The zero-order chi connectivity index (χ0) is 16.1. The number of hydrogen-bond donors (Lipinski definition) is 0. The molecule has 0 nitrogen and oxygen atoms in total. The minimum atomic E-state index is 0.405. The molecule has 8 aliphatic rings. The van der Waals surface area contributed by atoms with Crippen LogP contribution in [0.25, 0.3) is 0 Å². The van der Waals surface area contributed by atoms with Crippen molar-refractivity contribution < 1.29 is 0 Å². The van der Waals surface area contributed by atoms with Crippen LogP contribution in [0.2, 0.25) is 0 Å². The van der Waals surface area contributed by atoms with Crippen LogP contribution >= 0.6 is 0 Å². The molecule has 120 valence electrons. The molecule has 22 heavy (non-hydrogen) atoms. The van der Waals surface area contributed by atoms with E-state index in [1.165, 1.54) is 25.7 Å². The minimum absolute atomic E-state index is 0.405. The molecule has 0 saturated heterocycles. The molecule has 0 aromatic rings. The Bertz CT molecular complexity index is 661. The van der Waals surface area contributed by atoms with Crippen LogP contribution in [0.15, 0.2) is 22.3 Å². The fourth-order valence-corrected chi connectivity index (χ4v) is 8.46. The maximum atomic E-state index is 2.62. The summed E-state index contributed by atoms with van der Waals surface area (Å²) in [5, 5.41) is 0. The van der Waals surface area contributed by atoms with E-state index in [-0.39, 0.29) is 0 Å². The molecule has 0 spiro atoms. The van der Waals surface area contributed by atoms with Gasteiger partial charge in [-0.15, -0.1) is 0 Å². The molecule has 0 aliphatic heterocycles. The van der Waals surface area contributed by atoms with Crippen LogP contribution < -0.4 is 0 Å². The van der Waals surface area contributed by atoms with E-state index in [0.29, 0.717) is 32.5 Å². The summed E-state index contributed by atoms with van der Waals surface area (Å²) in [4.78, 5) is 0. The first-order valence-corrected chi connectivity index (χ1v) is 9.33. The summed E-state index contributed by atoms with van der Waals surface area (Å²) >= 11 is 0. The lowest BCUT2D eigenvalue weighted by molar-refractivity contribution is 0.00420. The van der Waals surface area contributed by atoms with Gasteiger partial charge < -0.3 is 0 Å². The number of rotatable bonds is 0. The van der Waals surface area contributed by atoms with Crippen LogP contribution in [-0.2, 0) is 0 Å². The first-order valence-electron chi connectivity index (χ1n) is 9.33. The van der Waals surface area contributed by atoms with Gasteiger partial charge in [0.2, 0.25) is 0 Å². The predicted octanol–water partition coefficient (Wildman–Crippen LogP) is 6.29. The molecule has 0 heteroatoms. The predicted molar refractivity (Wildman–Crippen MR) is 92.5 cm³/mol. The van der Waals surface area contributed by atoms with Crippen LogP contribution in [0.5, 0.6) is 0 Å². The van der Waals surface area contributed by atoms with Gasteiger partial charge in [-0.25, -0.2) is 0 Å². The summed E-state index contributed by atoms with van der Waals surface area (Å²) < 4.78 is 0. The van der Waals surface area contributed by atoms with Crippen molar-refractivity contribution in [3.8, 4) is 0 Å². The highest BCUT2D eigenvalue weighted by Gasteiger charge is 2.94. The third-order valence-corrected chi connectivity index (χ3v) is 9.04. The van der Waals surface area contributed by atoms with E-state index < -0.39 is 0 Å². The normalized spacial score (nSPS) is 57.8. The molecule has 0 atom stereocenters. The van der Waals surface area contributed by atoms with Gasteiger partial charge >= 0.3 is 0 Å². The highest BCUT2D eigenvalue weighted by Crippen LogP contribution is 3.02. The monoisotopic (exact) mass is 296 g/mol. The smallest absolute Gasteiger partial charge is 0.0321 e. The maximum absolute atomic E-state index is 2.62. The van der Waals surface area contributed by atoms with Crippen LogP contribution in [0.4, 0.5) is 0 Å². The Morgan fingerprint density at radius 3 is 1.41 bits per heavy atom. The molecule has 0 amide bonds. The zero-order valence-electron chi connectivity index (χ0n) is 15.8.